The number of hydrogen-bond donors (Lipinski definition) is 2. The Hall–Kier alpha value is -1.31. The molecule has 0 bridgehead atoms. The van der Waals surface area contributed by atoms with Crippen LogP contribution in [0.2, 0.25) is 0 Å². The highest BCUT2D eigenvalue weighted by molar-refractivity contribution is 7.12. The van der Waals surface area contributed by atoms with Crippen LogP contribution in [0.1, 0.15) is 48.8 Å². The first-order chi connectivity index (χ1) is 9.13. The van der Waals surface area contributed by atoms with Gasteiger partial charge in [-0.25, -0.2) is 0 Å². The molecule has 4 heteroatoms. The van der Waals surface area contributed by atoms with Crippen LogP contribution in [0.15, 0.2) is 11.4 Å². The zero-order chi connectivity index (χ0) is 14.3. The second-order valence-corrected chi connectivity index (χ2v) is 5.42. The smallest absolute Gasteiger partial charge is 0.262 e. The average Bonchev–Trinajstić information content (AvgIpc) is 2.86. The minimum Gasteiger partial charge on any atom is -0.349 e. The van der Waals surface area contributed by atoms with Crippen LogP contribution >= 0.6 is 11.3 Å². The van der Waals surface area contributed by atoms with E-state index in [0.29, 0.717) is 17.3 Å². The van der Waals surface area contributed by atoms with Crippen molar-refractivity contribution >= 4 is 17.2 Å². The average molecular weight is 278 g/mol. The fraction of sp³-hybridized carbons (Fsp3) is 0.533. The van der Waals surface area contributed by atoms with Crippen LogP contribution < -0.4 is 11.1 Å². The number of rotatable bonds is 5. The summed E-state index contributed by atoms with van der Waals surface area (Å²) in [6.45, 7) is 6.68. The predicted octanol–water partition coefficient (Wildman–Crippen LogP) is 2.61. The summed E-state index contributed by atoms with van der Waals surface area (Å²) in [5.41, 5.74) is 6.13. The number of carbonyl (C=O) groups is 1. The van der Waals surface area contributed by atoms with E-state index in [2.05, 4.69) is 37.9 Å². The van der Waals surface area contributed by atoms with Crippen molar-refractivity contribution in [3.8, 4) is 11.8 Å². The second kappa shape index (κ2) is 7.98. The van der Waals surface area contributed by atoms with Crippen molar-refractivity contribution in [3.63, 3.8) is 0 Å². The highest BCUT2D eigenvalue weighted by Crippen LogP contribution is 2.18. The van der Waals surface area contributed by atoms with Crippen molar-refractivity contribution in [2.75, 3.05) is 6.54 Å². The molecular formula is C15H22N2OS. The first-order valence-electron chi connectivity index (χ1n) is 6.71. The van der Waals surface area contributed by atoms with Crippen LogP contribution in [0.3, 0.4) is 0 Å². The molecule has 19 heavy (non-hydrogen) atoms. The lowest BCUT2D eigenvalue weighted by molar-refractivity contribution is 0.0929. The Labute approximate surface area is 119 Å². The van der Waals surface area contributed by atoms with Gasteiger partial charge in [0.2, 0.25) is 0 Å². The van der Waals surface area contributed by atoms with Gasteiger partial charge in [-0.3, -0.25) is 4.79 Å². The highest BCUT2D eigenvalue weighted by atomic mass is 32.1. The largest absolute Gasteiger partial charge is 0.349 e. The summed E-state index contributed by atoms with van der Waals surface area (Å²) < 4.78 is 0. The maximum atomic E-state index is 12.2. The van der Waals surface area contributed by atoms with Gasteiger partial charge in [0.1, 0.15) is 4.88 Å². The van der Waals surface area contributed by atoms with Gasteiger partial charge in [0.15, 0.2) is 0 Å². The first kappa shape index (κ1) is 15.7. The molecule has 1 heterocycles. The summed E-state index contributed by atoms with van der Waals surface area (Å²) >= 11 is 1.42. The van der Waals surface area contributed by atoms with E-state index in [-0.39, 0.29) is 11.9 Å². The lowest BCUT2D eigenvalue weighted by Gasteiger charge is -2.22. The number of nitrogens with two attached hydrogens (primary N) is 1. The maximum Gasteiger partial charge on any atom is 0.262 e. The molecule has 1 rings (SSSR count). The third-order valence-corrected chi connectivity index (χ3v) is 4.22. The zero-order valence-corrected chi connectivity index (χ0v) is 12.6. The maximum absolute atomic E-state index is 12.2. The molecule has 1 amide bonds. The third kappa shape index (κ3) is 4.38. The monoisotopic (exact) mass is 278 g/mol. The van der Waals surface area contributed by atoms with Gasteiger partial charge < -0.3 is 11.1 Å². The van der Waals surface area contributed by atoms with E-state index in [0.717, 1.165) is 18.4 Å². The number of thiophene rings is 1. The van der Waals surface area contributed by atoms with Gasteiger partial charge in [-0.05, 0) is 24.3 Å². The van der Waals surface area contributed by atoms with Crippen molar-refractivity contribution in [2.45, 2.75) is 39.7 Å². The van der Waals surface area contributed by atoms with Crippen LogP contribution in [0.5, 0.6) is 0 Å². The molecule has 0 aromatic carbocycles. The number of carbonyl (C=O) groups excluding carboxylic acids is 1. The topological polar surface area (TPSA) is 55.1 Å². The molecule has 1 atom stereocenters. The summed E-state index contributed by atoms with van der Waals surface area (Å²) in [6, 6.07) is 2.05. The molecule has 0 aliphatic carbocycles. The molecule has 0 saturated heterocycles. The van der Waals surface area contributed by atoms with Crippen LogP contribution in [0.25, 0.3) is 0 Å². The summed E-state index contributed by atoms with van der Waals surface area (Å²) in [4.78, 5) is 12.9. The van der Waals surface area contributed by atoms with Gasteiger partial charge in [0.25, 0.3) is 5.91 Å². The molecule has 104 valence electrons. The highest BCUT2D eigenvalue weighted by Gasteiger charge is 2.18. The normalized spacial score (nSPS) is 11.8. The molecule has 0 radical (unpaired) electrons. The number of hydrogen-bond acceptors (Lipinski definition) is 3. The SMILES string of the molecule is CCC(CC)C(C)NC(=O)c1sccc1C#CCN. The molecule has 0 spiro atoms. The quantitative estimate of drug-likeness (QED) is 0.813. The summed E-state index contributed by atoms with van der Waals surface area (Å²) in [5.74, 6) is 6.21. The van der Waals surface area contributed by atoms with Gasteiger partial charge in [-0.1, -0.05) is 38.5 Å². The molecule has 0 aliphatic heterocycles. The van der Waals surface area contributed by atoms with E-state index in [9.17, 15) is 4.79 Å². The minimum absolute atomic E-state index is 0.0317. The Balaban J connectivity index is 2.76. The lowest BCUT2D eigenvalue weighted by Crippen LogP contribution is -2.37. The summed E-state index contributed by atoms with van der Waals surface area (Å²) in [5, 5.41) is 4.96. The molecule has 1 aromatic heterocycles. The van der Waals surface area contributed by atoms with Crippen LogP contribution in [-0.4, -0.2) is 18.5 Å². The van der Waals surface area contributed by atoms with Crippen molar-refractivity contribution in [1.82, 2.24) is 5.32 Å². The molecule has 1 unspecified atom stereocenters. The Bertz CT molecular complexity index is 466. The Morgan fingerprint density at radius 3 is 2.74 bits per heavy atom. The molecule has 3 nitrogen and oxygen atoms in total. The molecule has 3 N–H and O–H groups in total. The van der Waals surface area contributed by atoms with E-state index in [1.807, 2.05) is 11.4 Å². The predicted molar refractivity (Wildman–Crippen MR) is 81.3 cm³/mol. The van der Waals surface area contributed by atoms with Gasteiger partial charge >= 0.3 is 0 Å². The van der Waals surface area contributed by atoms with Gasteiger partial charge in [0.05, 0.1) is 6.54 Å². The van der Waals surface area contributed by atoms with Gasteiger partial charge in [0, 0.05) is 11.6 Å². The van der Waals surface area contributed by atoms with Crippen LogP contribution in [-0.2, 0) is 0 Å². The van der Waals surface area contributed by atoms with E-state index in [1.54, 1.807) is 0 Å². The number of nitrogens with one attached hydrogen (secondary N) is 1. The van der Waals surface area contributed by atoms with Crippen molar-refractivity contribution in [1.29, 1.82) is 0 Å². The number of amides is 1. The van der Waals surface area contributed by atoms with E-state index < -0.39 is 0 Å². The fourth-order valence-corrected chi connectivity index (χ4v) is 2.87. The summed E-state index contributed by atoms with van der Waals surface area (Å²) in [7, 11) is 0. The van der Waals surface area contributed by atoms with E-state index >= 15 is 0 Å². The standard InChI is InChI=1S/C15H22N2OS/c1-4-12(5-2)11(3)17-15(18)14-13(7-6-9-16)8-10-19-14/h8,10-12H,4-5,9,16H2,1-3H3,(H,17,18). The summed E-state index contributed by atoms with van der Waals surface area (Å²) in [6.07, 6.45) is 2.14. The Morgan fingerprint density at radius 2 is 2.16 bits per heavy atom. The van der Waals surface area contributed by atoms with Crippen molar-refractivity contribution in [3.05, 3.63) is 21.9 Å². The molecule has 1 aromatic rings. The molecular weight excluding hydrogens is 256 g/mol. The Morgan fingerprint density at radius 1 is 1.47 bits per heavy atom. The minimum atomic E-state index is -0.0317. The Kier molecular flexibility index (Phi) is 6.61. The van der Waals surface area contributed by atoms with Crippen molar-refractivity contribution < 1.29 is 4.79 Å². The van der Waals surface area contributed by atoms with Crippen LogP contribution in [0, 0.1) is 17.8 Å². The zero-order valence-electron chi connectivity index (χ0n) is 11.8. The van der Waals surface area contributed by atoms with Crippen molar-refractivity contribution in [2.24, 2.45) is 11.7 Å². The molecule has 0 fully saturated rings. The third-order valence-electron chi connectivity index (χ3n) is 3.31. The fourth-order valence-electron chi connectivity index (χ4n) is 2.12. The van der Waals surface area contributed by atoms with Gasteiger partial charge in [-0.2, -0.15) is 0 Å². The molecule has 0 saturated carbocycles. The molecule has 0 aliphatic rings. The van der Waals surface area contributed by atoms with E-state index in [4.69, 9.17) is 5.73 Å². The lowest BCUT2D eigenvalue weighted by atomic mass is 9.95. The van der Waals surface area contributed by atoms with Crippen LogP contribution in [0.4, 0.5) is 0 Å². The second-order valence-electron chi connectivity index (χ2n) is 4.51. The van der Waals surface area contributed by atoms with Gasteiger partial charge in [-0.15, -0.1) is 11.3 Å². The van der Waals surface area contributed by atoms with E-state index in [1.165, 1.54) is 11.3 Å². The first-order valence-corrected chi connectivity index (χ1v) is 7.59.